The van der Waals surface area contributed by atoms with E-state index in [1.165, 1.54) is 19.3 Å². The SMILES string of the molecule is CC1CCCC(C)N1CCNC(=O)[C@H]1CNC[C@@H]1c1cnn(C)c1. The van der Waals surface area contributed by atoms with Crippen LogP contribution in [0.2, 0.25) is 0 Å². The Balaban J connectivity index is 1.51. The summed E-state index contributed by atoms with van der Waals surface area (Å²) in [6.45, 7) is 7.90. The molecule has 0 radical (unpaired) electrons. The third-order valence-corrected chi connectivity index (χ3v) is 5.75. The van der Waals surface area contributed by atoms with Gasteiger partial charge in [0.25, 0.3) is 0 Å². The number of aromatic nitrogens is 2. The highest BCUT2D eigenvalue weighted by Crippen LogP contribution is 2.28. The summed E-state index contributed by atoms with van der Waals surface area (Å²) in [7, 11) is 1.92. The minimum absolute atomic E-state index is 0.00500. The predicted octanol–water partition coefficient (Wildman–Crippen LogP) is 1.10. The van der Waals surface area contributed by atoms with Gasteiger partial charge >= 0.3 is 0 Å². The van der Waals surface area contributed by atoms with Gasteiger partial charge in [-0.2, -0.15) is 5.10 Å². The molecule has 1 amide bonds. The van der Waals surface area contributed by atoms with E-state index in [2.05, 4.69) is 34.5 Å². The summed E-state index contributed by atoms with van der Waals surface area (Å²) in [4.78, 5) is 15.2. The molecular formula is C18H31N5O. The second kappa shape index (κ2) is 7.66. The van der Waals surface area contributed by atoms with Crippen LogP contribution < -0.4 is 10.6 Å². The molecule has 1 aromatic heterocycles. The molecule has 2 saturated heterocycles. The van der Waals surface area contributed by atoms with Crippen molar-refractivity contribution in [3.8, 4) is 0 Å². The summed E-state index contributed by atoms with van der Waals surface area (Å²) in [5.41, 5.74) is 1.15. The maximum absolute atomic E-state index is 12.6. The van der Waals surface area contributed by atoms with Gasteiger partial charge in [0.2, 0.25) is 5.91 Å². The number of nitrogens with zero attached hydrogens (tertiary/aromatic N) is 3. The van der Waals surface area contributed by atoms with Gasteiger partial charge in [-0.05, 0) is 32.3 Å². The topological polar surface area (TPSA) is 62.2 Å². The van der Waals surface area contributed by atoms with Crippen LogP contribution in [0, 0.1) is 5.92 Å². The van der Waals surface area contributed by atoms with E-state index < -0.39 is 0 Å². The molecule has 0 spiro atoms. The smallest absolute Gasteiger partial charge is 0.225 e. The lowest BCUT2D eigenvalue weighted by atomic mass is 9.90. The molecule has 0 saturated carbocycles. The minimum atomic E-state index is 0.00500. The largest absolute Gasteiger partial charge is 0.355 e. The third kappa shape index (κ3) is 3.81. The van der Waals surface area contributed by atoms with Crippen LogP contribution in [-0.2, 0) is 11.8 Å². The van der Waals surface area contributed by atoms with E-state index >= 15 is 0 Å². The fourth-order valence-corrected chi connectivity index (χ4v) is 4.29. The van der Waals surface area contributed by atoms with Crippen molar-refractivity contribution in [2.45, 2.75) is 51.1 Å². The monoisotopic (exact) mass is 333 g/mol. The molecule has 1 aromatic rings. The number of carbonyl (C=O) groups is 1. The molecule has 2 unspecified atom stereocenters. The zero-order valence-electron chi connectivity index (χ0n) is 15.2. The Morgan fingerprint density at radius 2 is 2.08 bits per heavy atom. The molecule has 2 aliphatic heterocycles. The number of amides is 1. The first-order valence-corrected chi connectivity index (χ1v) is 9.29. The van der Waals surface area contributed by atoms with Gasteiger partial charge in [0.15, 0.2) is 0 Å². The highest BCUT2D eigenvalue weighted by atomic mass is 16.1. The van der Waals surface area contributed by atoms with E-state index in [0.29, 0.717) is 12.1 Å². The maximum atomic E-state index is 12.6. The first-order valence-electron chi connectivity index (χ1n) is 9.29. The van der Waals surface area contributed by atoms with Crippen LogP contribution in [0.15, 0.2) is 12.4 Å². The van der Waals surface area contributed by atoms with Crippen molar-refractivity contribution in [2.24, 2.45) is 13.0 Å². The fourth-order valence-electron chi connectivity index (χ4n) is 4.29. The van der Waals surface area contributed by atoms with Crippen molar-refractivity contribution in [1.82, 2.24) is 25.3 Å². The molecule has 2 N–H and O–H groups in total. The Bertz CT molecular complexity index is 547. The second-order valence-corrected chi connectivity index (χ2v) is 7.48. The number of nitrogens with one attached hydrogen (secondary N) is 2. The summed E-state index contributed by atoms with van der Waals surface area (Å²) in [5, 5.41) is 10.8. The molecule has 134 valence electrons. The second-order valence-electron chi connectivity index (χ2n) is 7.48. The number of hydrogen-bond acceptors (Lipinski definition) is 4. The van der Waals surface area contributed by atoms with Gasteiger partial charge in [-0.15, -0.1) is 0 Å². The number of aryl methyl sites for hydroxylation is 1. The molecule has 6 heteroatoms. The van der Waals surface area contributed by atoms with Crippen molar-refractivity contribution in [2.75, 3.05) is 26.2 Å². The van der Waals surface area contributed by atoms with Crippen LogP contribution >= 0.6 is 0 Å². The molecule has 3 rings (SSSR count). The average molecular weight is 333 g/mol. The number of carbonyl (C=O) groups excluding carboxylic acids is 1. The number of likely N-dealkylation sites (tertiary alicyclic amines) is 1. The predicted molar refractivity (Wildman–Crippen MR) is 94.8 cm³/mol. The van der Waals surface area contributed by atoms with Gasteiger partial charge in [0.05, 0.1) is 12.1 Å². The van der Waals surface area contributed by atoms with Crippen LogP contribution in [-0.4, -0.2) is 58.9 Å². The molecule has 6 nitrogen and oxygen atoms in total. The number of hydrogen-bond donors (Lipinski definition) is 2. The highest BCUT2D eigenvalue weighted by Gasteiger charge is 2.34. The lowest BCUT2D eigenvalue weighted by molar-refractivity contribution is -0.124. The van der Waals surface area contributed by atoms with Crippen molar-refractivity contribution in [1.29, 1.82) is 0 Å². The molecule has 0 aliphatic carbocycles. The van der Waals surface area contributed by atoms with Crippen molar-refractivity contribution < 1.29 is 4.79 Å². The van der Waals surface area contributed by atoms with Gasteiger partial charge in [-0.1, -0.05) is 6.42 Å². The van der Waals surface area contributed by atoms with Crippen molar-refractivity contribution in [3.63, 3.8) is 0 Å². The van der Waals surface area contributed by atoms with Gasteiger partial charge in [0, 0.05) is 57.4 Å². The first-order chi connectivity index (χ1) is 11.6. The fraction of sp³-hybridized carbons (Fsp3) is 0.778. The van der Waals surface area contributed by atoms with Gasteiger partial charge < -0.3 is 10.6 Å². The molecular weight excluding hydrogens is 302 g/mol. The summed E-state index contributed by atoms with van der Waals surface area (Å²) in [6.07, 6.45) is 7.78. The van der Waals surface area contributed by atoms with E-state index in [-0.39, 0.29) is 17.7 Å². The zero-order chi connectivity index (χ0) is 17.1. The Hall–Kier alpha value is -1.40. The summed E-state index contributed by atoms with van der Waals surface area (Å²) in [6, 6.07) is 1.25. The van der Waals surface area contributed by atoms with E-state index in [4.69, 9.17) is 0 Å². The van der Waals surface area contributed by atoms with Gasteiger partial charge in [-0.3, -0.25) is 14.4 Å². The summed E-state index contributed by atoms with van der Waals surface area (Å²) in [5.74, 6) is 0.406. The Morgan fingerprint density at radius 1 is 1.33 bits per heavy atom. The Morgan fingerprint density at radius 3 is 2.75 bits per heavy atom. The lowest BCUT2D eigenvalue weighted by Crippen LogP contribution is -2.48. The lowest BCUT2D eigenvalue weighted by Gasteiger charge is -2.39. The van der Waals surface area contributed by atoms with Crippen LogP contribution in [0.4, 0.5) is 0 Å². The molecule has 2 fully saturated rings. The highest BCUT2D eigenvalue weighted by molar-refractivity contribution is 5.80. The molecule has 0 aromatic carbocycles. The normalized spacial score (nSPS) is 31.3. The van der Waals surface area contributed by atoms with Crippen molar-refractivity contribution >= 4 is 5.91 Å². The Labute approximate surface area is 145 Å². The van der Waals surface area contributed by atoms with E-state index in [1.807, 2.05) is 24.1 Å². The number of piperidine rings is 1. The molecule has 2 aliphatic rings. The first kappa shape index (κ1) is 17.4. The Kier molecular flexibility index (Phi) is 5.56. The van der Waals surface area contributed by atoms with Gasteiger partial charge in [0.1, 0.15) is 0 Å². The van der Waals surface area contributed by atoms with E-state index in [1.54, 1.807) is 0 Å². The van der Waals surface area contributed by atoms with Crippen LogP contribution in [0.1, 0.15) is 44.6 Å². The maximum Gasteiger partial charge on any atom is 0.225 e. The van der Waals surface area contributed by atoms with E-state index in [0.717, 1.165) is 31.7 Å². The van der Waals surface area contributed by atoms with Crippen molar-refractivity contribution in [3.05, 3.63) is 18.0 Å². The minimum Gasteiger partial charge on any atom is -0.355 e. The van der Waals surface area contributed by atoms with Crippen LogP contribution in [0.3, 0.4) is 0 Å². The summed E-state index contributed by atoms with van der Waals surface area (Å²) < 4.78 is 1.81. The molecule has 4 atom stereocenters. The quantitative estimate of drug-likeness (QED) is 0.847. The van der Waals surface area contributed by atoms with E-state index in [9.17, 15) is 4.79 Å². The molecule has 3 heterocycles. The third-order valence-electron chi connectivity index (χ3n) is 5.75. The van der Waals surface area contributed by atoms with Crippen LogP contribution in [0.25, 0.3) is 0 Å². The molecule has 0 bridgehead atoms. The average Bonchev–Trinajstić information content (AvgIpc) is 3.18. The number of rotatable bonds is 5. The standard InChI is InChI=1S/C18H31N5O/c1-13-5-4-6-14(2)23(13)8-7-20-18(24)17-11-19-10-16(17)15-9-21-22(3)12-15/h9,12-14,16-17,19H,4-8,10-11H2,1-3H3,(H,20,24)/t13?,14?,16-,17+/m1/s1. The van der Waals surface area contributed by atoms with Crippen LogP contribution in [0.5, 0.6) is 0 Å². The zero-order valence-corrected chi connectivity index (χ0v) is 15.2. The van der Waals surface area contributed by atoms with Gasteiger partial charge in [-0.25, -0.2) is 0 Å². The molecule has 24 heavy (non-hydrogen) atoms. The summed E-state index contributed by atoms with van der Waals surface area (Å²) >= 11 is 0.